The Kier molecular flexibility index (Phi) is 4.88. The Morgan fingerprint density at radius 1 is 1.29 bits per heavy atom. The van der Waals surface area contributed by atoms with Gasteiger partial charge in [-0.1, -0.05) is 25.7 Å². The van der Waals surface area contributed by atoms with Gasteiger partial charge in [0.1, 0.15) is 5.82 Å². The Morgan fingerprint density at radius 2 is 1.90 bits per heavy atom. The van der Waals surface area contributed by atoms with Crippen molar-refractivity contribution in [1.29, 1.82) is 0 Å². The smallest absolute Gasteiger partial charge is 0.270 e. The fourth-order valence-electron chi connectivity index (χ4n) is 2.79. The Bertz CT molecular complexity index is 540. The van der Waals surface area contributed by atoms with Gasteiger partial charge in [0.25, 0.3) is 11.6 Å². The van der Waals surface area contributed by atoms with E-state index in [4.69, 9.17) is 0 Å². The first kappa shape index (κ1) is 15.4. The van der Waals surface area contributed by atoms with E-state index in [-0.39, 0.29) is 17.3 Å². The van der Waals surface area contributed by atoms with Crippen LogP contribution in [0.3, 0.4) is 0 Å². The first-order chi connectivity index (χ1) is 10.0. The number of nitro benzene ring substituents is 1. The van der Waals surface area contributed by atoms with Gasteiger partial charge in [-0.25, -0.2) is 4.39 Å². The summed E-state index contributed by atoms with van der Waals surface area (Å²) < 4.78 is 13.8. The molecule has 114 valence electrons. The van der Waals surface area contributed by atoms with Crippen molar-refractivity contribution >= 4 is 11.6 Å². The minimum absolute atomic E-state index is 0.0821. The number of hydrogen-bond acceptors (Lipinski definition) is 3. The van der Waals surface area contributed by atoms with Crippen molar-refractivity contribution in [2.24, 2.45) is 0 Å². The largest absolute Gasteiger partial charge is 0.339 e. The SMILES string of the molecule is CN(C(=O)c1cc([N+](=O)[O-])ccc1F)C1CCCCCC1. The molecule has 21 heavy (non-hydrogen) atoms. The molecule has 0 spiro atoms. The Labute approximate surface area is 122 Å². The summed E-state index contributed by atoms with van der Waals surface area (Å²) in [4.78, 5) is 24.1. The van der Waals surface area contributed by atoms with E-state index in [9.17, 15) is 19.3 Å². The molecule has 1 fully saturated rings. The number of benzene rings is 1. The summed E-state index contributed by atoms with van der Waals surface area (Å²) in [6, 6.07) is 3.15. The summed E-state index contributed by atoms with van der Waals surface area (Å²) in [5, 5.41) is 10.8. The predicted octanol–water partition coefficient (Wildman–Crippen LogP) is 3.53. The van der Waals surface area contributed by atoms with Gasteiger partial charge in [0.15, 0.2) is 0 Å². The maximum absolute atomic E-state index is 13.8. The molecule has 1 aliphatic carbocycles. The molecule has 5 nitrogen and oxygen atoms in total. The zero-order valence-corrected chi connectivity index (χ0v) is 12.0. The van der Waals surface area contributed by atoms with Crippen LogP contribution in [0.4, 0.5) is 10.1 Å². The zero-order valence-electron chi connectivity index (χ0n) is 12.0. The summed E-state index contributed by atoms with van der Waals surface area (Å²) >= 11 is 0. The lowest BCUT2D eigenvalue weighted by Crippen LogP contribution is -2.37. The Morgan fingerprint density at radius 3 is 2.48 bits per heavy atom. The van der Waals surface area contributed by atoms with Gasteiger partial charge in [-0.2, -0.15) is 0 Å². The van der Waals surface area contributed by atoms with Gasteiger partial charge in [-0.15, -0.1) is 0 Å². The van der Waals surface area contributed by atoms with E-state index in [2.05, 4.69) is 0 Å². The molecule has 0 aromatic heterocycles. The van der Waals surface area contributed by atoms with E-state index in [1.807, 2.05) is 0 Å². The molecule has 1 aliphatic rings. The quantitative estimate of drug-likeness (QED) is 0.486. The van der Waals surface area contributed by atoms with Crippen LogP contribution in [0.5, 0.6) is 0 Å². The number of halogens is 1. The molecule has 2 rings (SSSR count). The summed E-state index contributed by atoms with van der Waals surface area (Å²) in [7, 11) is 1.65. The molecule has 0 unspecified atom stereocenters. The first-order valence-electron chi connectivity index (χ1n) is 7.22. The van der Waals surface area contributed by atoms with Gasteiger partial charge in [-0.3, -0.25) is 14.9 Å². The fraction of sp³-hybridized carbons (Fsp3) is 0.533. The van der Waals surface area contributed by atoms with Crippen LogP contribution in [-0.2, 0) is 0 Å². The van der Waals surface area contributed by atoms with E-state index in [1.165, 1.54) is 4.90 Å². The predicted molar refractivity (Wildman–Crippen MR) is 76.6 cm³/mol. The second-order valence-electron chi connectivity index (χ2n) is 5.48. The highest BCUT2D eigenvalue weighted by Crippen LogP contribution is 2.24. The van der Waals surface area contributed by atoms with Gasteiger partial charge >= 0.3 is 0 Å². The number of hydrogen-bond donors (Lipinski definition) is 0. The van der Waals surface area contributed by atoms with Crippen molar-refractivity contribution in [2.75, 3.05) is 7.05 Å². The van der Waals surface area contributed by atoms with E-state index in [1.54, 1.807) is 7.05 Å². The lowest BCUT2D eigenvalue weighted by molar-refractivity contribution is -0.384. The summed E-state index contributed by atoms with van der Waals surface area (Å²) in [6.45, 7) is 0. The lowest BCUT2D eigenvalue weighted by atomic mass is 10.1. The van der Waals surface area contributed by atoms with Crippen LogP contribution in [-0.4, -0.2) is 28.8 Å². The van der Waals surface area contributed by atoms with Crippen molar-refractivity contribution in [1.82, 2.24) is 4.90 Å². The second-order valence-corrected chi connectivity index (χ2v) is 5.48. The lowest BCUT2D eigenvalue weighted by Gasteiger charge is -2.27. The number of nitrogens with zero attached hydrogens (tertiary/aromatic N) is 2. The topological polar surface area (TPSA) is 63.5 Å². The number of non-ortho nitro benzene ring substituents is 1. The van der Waals surface area contributed by atoms with E-state index < -0.39 is 16.6 Å². The third kappa shape index (κ3) is 3.56. The van der Waals surface area contributed by atoms with Gasteiger partial charge < -0.3 is 4.90 Å². The van der Waals surface area contributed by atoms with Crippen molar-refractivity contribution in [3.05, 3.63) is 39.7 Å². The van der Waals surface area contributed by atoms with E-state index in [0.29, 0.717) is 0 Å². The highest BCUT2D eigenvalue weighted by Gasteiger charge is 2.25. The average molecular weight is 294 g/mol. The molecule has 0 saturated heterocycles. The van der Waals surface area contributed by atoms with Crippen LogP contribution >= 0.6 is 0 Å². The number of amides is 1. The zero-order chi connectivity index (χ0) is 15.4. The van der Waals surface area contributed by atoms with Gasteiger partial charge in [-0.05, 0) is 18.9 Å². The second kappa shape index (κ2) is 6.65. The van der Waals surface area contributed by atoms with Crippen molar-refractivity contribution < 1.29 is 14.1 Å². The number of carbonyl (C=O) groups excluding carboxylic acids is 1. The monoisotopic (exact) mass is 294 g/mol. The first-order valence-corrected chi connectivity index (χ1v) is 7.22. The maximum Gasteiger partial charge on any atom is 0.270 e. The number of nitro groups is 1. The molecule has 0 N–H and O–H groups in total. The number of rotatable bonds is 3. The minimum atomic E-state index is -0.717. The third-order valence-electron chi connectivity index (χ3n) is 4.08. The van der Waals surface area contributed by atoms with Gasteiger partial charge in [0, 0.05) is 25.2 Å². The minimum Gasteiger partial charge on any atom is -0.339 e. The van der Waals surface area contributed by atoms with Crippen LogP contribution in [0.25, 0.3) is 0 Å². The molecular formula is C15H19FN2O3. The van der Waals surface area contributed by atoms with Crippen LogP contribution in [0.1, 0.15) is 48.9 Å². The molecule has 1 aromatic rings. The van der Waals surface area contributed by atoms with Crippen molar-refractivity contribution in [3.8, 4) is 0 Å². The molecule has 1 amide bonds. The van der Waals surface area contributed by atoms with Gasteiger partial charge in [0.2, 0.25) is 0 Å². The molecule has 1 saturated carbocycles. The molecule has 0 heterocycles. The molecular weight excluding hydrogens is 275 g/mol. The van der Waals surface area contributed by atoms with Crippen LogP contribution in [0.2, 0.25) is 0 Å². The van der Waals surface area contributed by atoms with E-state index >= 15 is 0 Å². The summed E-state index contributed by atoms with van der Waals surface area (Å²) in [5.41, 5.74) is -0.495. The molecule has 0 atom stereocenters. The summed E-state index contributed by atoms with van der Waals surface area (Å²) in [5.74, 6) is -1.20. The Balaban J connectivity index is 2.21. The molecule has 0 bridgehead atoms. The third-order valence-corrected chi connectivity index (χ3v) is 4.08. The normalized spacial score (nSPS) is 16.3. The van der Waals surface area contributed by atoms with E-state index in [0.717, 1.165) is 56.7 Å². The summed E-state index contributed by atoms with van der Waals surface area (Å²) in [6.07, 6.45) is 6.23. The van der Waals surface area contributed by atoms with Crippen LogP contribution in [0, 0.1) is 15.9 Å². The fourth-order valence-corrected chi connectivity index (χ4v) is 2.79. The van der Waals surface area contributed by atoms with Crippen LogP contribution in [0.15, 0.2) is 18.2 Å². The van der Waals surface area contributed by atoms with Crippen LogP contribution < -0.4 is 0 Å². The van der Waals surface area contributed by atoms with Gasteiger partial charge in [0.05, 0.1) is 10.5 Å². The highest BCUT2D eigenvalue weighted by molar-refractivity contribution is 5.95. The Hall–Kier alpha value is -1.98. The van der Waals surface area contributed by atoms with Crippen molar-refractivity contribution in [2.45, 2.75) is 44.6 Å². The molecule has 0 radical (unpaired) electrons. The highest BCUT2D eigenvalue weighted by atomic mass is 19.1. The molecule has 0 aliphatic heterocycles. The molecule has 1 aromatic carbocycles. The standard InChI is InChI=1S/C15H19FN2O3/c1-17(11-6-4-2-3-5-7-11)15(19)13-10-12(18(20)21)8-9-14(13)16/h8-11H,2-7H2,1H3. The maximum atomic E-state index is 13.8. The van der Waals surface area contributed by atoms with Crippen molar-refractivity contribution in [3.63, 3.8) is 0 Å². The average Bonchev–Trinajstić information content (AvgIpc) is 2.75. The number of carbonyl (C=O) groups is 1. The molecule has 6 heteroatoms.